The molecule has 0 bridgehead atoms. The molecule has 20 heavy (non-hydrogen) atoms. The number of hydrogen-bond acceptors (Lipinski definition) is 2. The zero-order valence-electron chi connectivity index (χ0n) is 10.9. The largest absolute Gasteiger partial charge is 0.341 e. The second-order valence-electron chi connectivity index (χ2n) is 5.48. The minimum absolute atomic E-state index is 0. The molecule has 6 heteroatoms. The lowest BCUT2D eigenvalue weighted by Gasteiger charge is -2.15. The van der Waals surface area contributed by atoms with E-state index in [1.54, 1.807) is 6.07 Å². The second kappa shape index (κ2) is 6.10. The van der Waals surface area contributed by atoms with E-state index in [1.807, 2.05) is 17.0 Å². The van der Waals surface area contributed by atoms with Crippen LogP contribution in [0.2, 0.25) is 10.0 Å². The summed E-state index contributed by atoms with van der Waals surface area (Å²) >= 11 is 12.0. The quantitative estimate of drug-likeness (QED) is 0.903. The molecule has 1 saturated heterocycles. The van der Waals surface area contributed by atoms with Crippen LogP contribution in [0.4, 0.5) is 0 Å². The molecule has 1 aliphatic heterocycles. The van der Waals surface area contributed by atoms with E-state index in [0.29, 0.717) is 16.6 Å². The Morgan fingerprint density at radius 2 is 1.90 bits per heavy atom. The number of rotatable bonds is 2. The van der Waals surface area contributed by atoms with E-state index in [-0.39, 0.29) is 36.2 Å². The van der Waals surface area contributed by atoms with Crippen LogP contribution in [0.3, 0.4) is 0 Å². The third kappa shape index (κ3) is 3.22. The Labute approximate surface area is 134 Å². The molecule has 1 saturated carbocycles. The molecule has 1 aromatic rings. The molecular formula is C14H17Cl3N2O. The van der Waals surface area contributed by atoms with Crippen LogP contribution in [0, 0.1) is 5.92 Å². The molecule has 0 spiro atoms. The molecule has 110 valence electrons. The molecule has 3 rings (SSSR count). The van der Waals surface area contributed by atoms with Gasteiger partial charge in [0.15, 0.2) is 0 Å². The summed E-state index contributed by atoms with van der Waals surface area (Å²) in [6.45, 7) is 1.48. The Balaban J connectivity index is 0.00000147. The fourth-order valence-electron chi connectivity index (χ4n) is 2.85. The van der Waals surface area contributed by atoms with Crippen molar-refractivity contribution < 1.29 is 4.79 Å². The maximum absolute atomic E-state index is 12.3. The molecule has 2 aliphatic rings. The predicted octanol–water partition coefficient (Wildman–Crippen LogP) is 3.08. The highest BCUT2D eigenvalue weighted by Gasteiger charge is 2.46. The summed E-state index contributed by atoms with van der Waals surface area (Å²) in [6, 6.07) is 5.66. The van der Waals surface area contributed by atoms with Crippen LogP contribution in [0.25, 0.3) is 0 Å². The van der Waals surface area contributed by atoms with Gasteiger partial charge in [-0.05, 0) is 42.5 Å². The molecule has 0 radical (unpaired) electrons. The van der Waals surface area contributed by atoms with E-state index in [0.717, 1.165) is 24.9 Å². The van der Waals surface area contributed by atoms with Crippen molar-refractivity contribution in [3.8, 4) is 0 Å². The molecule has 0 aromatic heterocycles. The molecule has 2 fully saturated rings. The van der Waals surface area contributed by atoms with Crippen molar-refractivity contribution in [2.75, 3.05) is 13.1 Å². The van der Waals surface area contributed by atoms with Gasteiger partial charge in [0.25, 0.3) is 0 Å². The van der Waals surface area contributed by atoms with Crippen LogP contribution in [0.5, 0.6) is 0 Å². The fraction of sp³-hybridized carbons (Fsp3) is 0.500. The second-order valence-corrected chi connectivity index (χ2v) is 6.36. The summed E-state index contributed by atoms with van der Waals surface area (Å²) in [4.78, 5) is 14.2. The fourth-order valence-corrected chi connectivity index (χ4v) is 3.39. The lowest BCUT2D eigenvalue weighted by Crippen LogP contribution is -2.33. The number of benzene rings is 1. The van der Waals surface area contributed by atoms with Crippen molar-refractivity contribution in [3.63, 3.8) is 0 Å². The highest BCUT2D eigenvalue weighted by atomic mass is 35.5. The van der Waals surface area contributed by atoms with Crippen molar-refractivity contribution in [3.05, 3.63) is 33.8 Å². The van der Waals surface area contributed by atoms with Gasteiger partial charge >= 0.3 is 0 Å². The van der Waals surface area contributed by atoms with E-state index in [2.05, 4.69) is 0 Å². The number of nitrogens with zero attached hydrogens (tertiary/aromatic N) is 1. The monoisotopic (exact) mass is 334 g/mol. The summed E-state index contributed by atoms with van der Waals surface area (Å²) < 4.78 is 0. The van der Waals surface area contributed by atoms with Gasteiger partial charge in [-0.25, -0.2) is 0 Å². The van der Waals surface area contributed by atoms with Crippen molar-refractivity contribution in [1.82, 2.24) is 4.90 Å². The SMILES string of the molecule is Cl.N[C@@H]1CCN(C(=O)C2CC2c2cc(Cl)cc(Cl)c2)C1. The number of hydrogen-bond donors (Lipinski definition) is 1. The maximum Gasteiger partial charge on any atom is 0.226 e. The van der Waals surface area contributed by atoms with Crippen LogP contribution < -0.4 is 5.73 Å². The number of likely N-dealkylation sites (tertiary alicyclic amines) is 1. The standard InChI is InChI=1S/C14H16Cl2N2O.ClH/c15-9-3-8(4-10(16)5-9)12-6-13(12)14(19)18-2-1-11(17)7-18;/h3-5,11-13H,1-2,6-7,17H2;1H/t11-,12?,13?;/m1./s1. The average Bonchev–Trinajstić information content (AvgIpc) is 3.03. The van der Waals surface area contributed by atoms with Gasteiger partial charge in [0, 0.05) is 35.1 Å². The molecular weight excluding hydrogens is 319 g/mol. The minimum Gasteiger partial charge on any atom is -0.341 e. The van der Waals surface area contributed by atoms with Crippen molar-refractivity contribution >= 4 is 41.5 Å². The highest BCUT2D eigenvalue weighted by molar-refractivity contribution is 6.34. The van der Waals surface area contributed by atoms with E-state index in [9.17, 15) is 4.79 Å². The average molecular weight is 336 g/mol. The van der Waals surface area contributed by atoms with Crippen LogP contribution in [-0.4, -0.2) is 29.9 Å². The third-order valence-corrected chi connectivity index (χ3v) is 4.39. The number of nitrogens with two attached hydrogens (primary N) is 1. The van der Waals surface area contributed by atoms with Crippen molar-refractivity contribution in [2.45, 2.75) is 24.8 Å². The van der Waals surface area contributed by atoms with Crippen LogP contribution in [0.1, 0.15) is 24.3 Å². The van der Waals surface area contributed by atoms with Crippen LogP contribution in [0.15, 0.2) is 18.2 Å². The zero-order chi connectivity index (χ0) is 13.6. The summed E-state index contributed by atoms with van der Waals surface area (Å²) in [5.74, 6) is 0.578. The lowest BCUT2D eigenvalue weighted by molar-refractivity contribution is -0.131. The Morgan fingerprint density at radius 1 is 1.25 bits per heavy atom. The Kier molecular flexibility index (Phi) is 4.85. The van der Waals surface area contributed by atoms with E-state index < -0.39 is 0 Å². The number of carbonyl (C=O) groups excluding carboxylic acids is 1. The van der Waals surface area contributed by atoms with Gasteiger partial charge in [-0.3, -0.25) is 4.79 Å². The number of halogens is 3. The highest BCUT2D eigenvalue weighted by Crippen LogP contribution is 2.49. The molecule has 1 aromatic carbocycles. The van der Waals surface area contributed by atoms with Gasteiger partial charge in [0.2, 0.25) is 5.91 Å². The van der Waals surface area contributed by atoms with Gasteiger partial charge in [0.05, 0.1) is 0 Å². The minimum atomic E-state index is 0. The van der Waals surface area contributed by atoms with Gasteiger partial charge < -0.3 is 10.6 Å². The van der Waals surface area contributed by atoms with Gasteiger partial charge in [-0.2, -0.15) is 0 Å². The zero-order valence-corrected chi connectivity index (χ0v) is 13.2. The van der Waals surface area contributed by atoms with Crippen molar-refractivity contribution in [1.29, 1.82) is 0 Å². The first-order valence-electron chi connectivity index (χ1n) is 6.55. The van der Waals surface area contributed by atoms with E-state index in [4.69, 9.17) is 28.9 Å². The molecule has 1 heterocycles. The van der Waals surface area contributed by atoms with E-state index in [1.165, 1.54) is 0 Å². The Morgan fingerprint density at radius 3 is 2.45 bits per heavy atom. The molecule has 1 amide bonds. The van der Waals surface area contributed by atoms with Crippen LogP contribution in [-0.2, 0) is 4.79 Å². The first-order valence-corrected chi connectivity index (χ1v) is 7.30. The maximum atomic E-state index is 12.3. The summed E-state index contributed by atoms with van der Waals surface area (Å²) in [5.41, 5.74) is 6.91. The molecule has 1 aliphatic carbocycles. The Hall–Kier alpha value is -0.480. The van der Waals surface area contributed by atoms with E-state index >= 15 is 0 Å². The molecule has 2 unspecified atom stereocenters. The summed E-state index contributed by atoms with van der Waals surface area (Å²) in [7, 11) is 0. The van der Waals surface area contributed by atoms with Crippen molar-refractivity contribution in [2.24, 2.45) is 11.7 Å². The molecule has 3 atom stereocenters. The number of carbonyl (C=O) groups is 1. The number of amides is 1. The first kappa shape index (κ1) is 15.9. The summed E-state index contributed by atoms with van der Waals surface area (Å²) in [6.07, 6.45) is 1.80. The first-order chi connectivity index (χ1) is 9.04. The topological polar surface area (TPSA) is 46.3 Å². The van der Waals surface area contributed by atoms with Gasteiger partial charge in [-0.15, -0.1) is 12.4 Å². The third-order valence-electron chi connectivity index (χ3n) is 3.96. The Bertz CT molecular complexity index is 503. The van der Waals surface area contributed by atoms with Gasteiger partial charge in [-0.1, -0.05) is 23.2 Å². The molecule has 3 nitrogen and oxygen atoms in total. The summed E-state index contributed by atoms with van der Waals surface area (Å²) in [5, 5.41) is 1.26. The molecule has 2 N–H and O–H groups in total. The lowest BCUT2D eigenvalue weighted by atomic mass is 10.1. The predicted molar refractivity (Wildman–Crippen MR) is 83.7 cm³/mol. The van der Waals surface area contributed by atoms with Crippen LogP contribution >= 0.6 is 35.6 Å². The smallest absolute Gasteiger partial charge is 0.226 e. The van der Waals surface area contributed by atoms with Gasteiger partial charge in [0.1, 0.15) is 0 Å². The normalized spacial score (nSPS) is 28.1.